The second-order valence-corrected chi connectivity index (χ2v) is 4.28. The van der Waals surface area contributed by atoms with Crippen LogP contribution in [-0.4, -0.2) is 28.9 Å². The van der Waals surface area contributed by atoms with E-state index >= 15 is 0 Å². The van der Waals surface area contributed by atoms with Crippen LogP contribution in [0.4, 0.5) is 0 Å². The van der Waals surface area contributed by atoms with Gasteiger partial charge in [0.2, 0.25) is 5.96 Å². The van der Waals surface area contributed by atoms with Gasteiger partial charge < -0.3 is 4.90 Å². The van der Waals surface area contributed by atoms with Crippen molar-refractivity contribution in [3.63, 3.8) is 0 Å². The number of nitriles is 1. The van der Waals surface area contributed by atoms with Crippen LogP contribution in [-0.2, 0) is 6.54 Å². The van der Waals surface area contributed by atoms with Crippen molar-refractivity contribution in [1.82, 2.24) is 15.2 Å². The van der Waals surface area contributed by atoms with E-state index in [0.29, 0.717) is 12.5 Å². The topological polar surface area (TPSA) is 64.3 Å². The minimum Gasteiger partial charge on any atom is -0.342 e. The van der Waals surface area contributed by atoms with Crippen LogP contribution in [0.25, 0.3) is 0 Å². The Morgan fingerprint density at radius 3 is 2.72 bits per heavy atom. The monoisotopic (exact) mass is 243 g/mol. The van der Waals surface area contributed by atoms with Crippen molar-refractivity contribution < 1.29 is 0 Å². The Bertz CT molecular complexity index is 428. The lowest BCUT2D eigenvalue weighted by atomic mass is 10.1. The first-order valence-electron chi connectivity index (χ1n) is 6.23. The molecule has 0 spiro atoms. The predicted molar refractivity (Wildman–Crippen MR) is 69.5 cm³/mol. The molecular formula is C13H17N5. The molecule has 2 heterocycles. The highest BCUT2D eigenvalue weighted by Gasteiger charge is 2.14. The average Bonchev–Trinajstić information content (AvgIpc) is 2.45. The zero-order chi connectivity index (χ0) is 12.6. The van der Waals surface area contributed by atoms with Gasteiger partial charge in [0.25, 0.3) is 0 Å². The molecule has 5 nitrogen and oxygen atoms in total. The Labute approximate surface area is 107 Å². The van der Waals surface area contributed by atoms with Crippen LogP contribution in [0.3, 0.4) is 0 Å². The summed E-state index contributed by atoms with van der Waals surface area (Å²) in [5.41, 5.74) is 1.10. The third-order valence-electron chi connectivity index (χ3n) is 2.98. The van der Waals surface area contributed by atoms with Gasteiger partial charge in [-0.3, -0.25) is 10.3 Å². The number of aliphatic imine (C=N–C) groups is 1. The molecule has 0 bridgehead atoms. The van der Waals surface area contributed by atoms with Gasteiger partial charge in [-0.15, -0.1) is 0 Å². The summed E-state index contributed by atoms with van der Waals surface area (Å²) < 4.78 is 0. The van der Waals surface area contributed by atoms with Gasteiger partial charge in [0.15, 0.2) is 6.19 Å². The third-order valence-corrected chi connectivity index (χ3v) is 2.98. The Balaban J connectivity index is 2.02. The van der Waals surface area contributed by atoms with E-state index in [-0.39, 0.29) is 0 Å². The summed E-state index contributed by atoms with van der Waals surface area (Å²) in [6, 6.07) is 3.87. The highest BCUT2D eigenvalue weighted by Crippen LogP contribution is 2.09. The fourth-order valence-electron chi connectivity index (χ4n) is 2.03. The summed E-state index contributed by atoms with van der Waals surface area (Å²) in [5, 5.41) is 11.5. The Morgan fingerprint density at radius 1 is 1.33 bits per heavy atom. The Kier molecular flexibility index (Phi) is 4.53. The quantitative estimate of drug-likeness (QED) is 0.370. The van der Waals surface area contributed by atoms with Crippen LogP contribution in [0.2, 0.25) is 0 Å². The predicted octanol–water partition coefficient (Wildman–Crippen LogP) is 1.49. The van der Waals surface area contributed by atoms with Gasteiger partial charge in [-0.05, 0) is 37.0 Å². The van der Waals surface area contributed by atoms with Gasteiger partial charge in [0.05, 0.1) is 6.54 Å². The van der Waals surface area contributed by atoms with Crippen LogP contribution >= 0.6 is 0 Å². The number of piperidine rings is 1. The number of guanidine groups is 1. The summed E-state index contributed by atoms with van der Waals surface area (Å²) in [4.78, 5) is 10.6. The van der Waals surface area contributed by atoms with E-state index in [2.05, 4.69) is 20.2 Å². The highest BCUT2D eigenvalue weighted by atomic mass is 15.3. The van der Waals surface area contributed by atoms with Crippen LogP contribution in [0.5, 0.6) is 0 Å². The standard InChI is InChI=1S/C13H17N5/c14-11-17-13(18-8-2-1-3-9-18)16-10-12-4-6-15-7-5-12/h4-7H,1-3,8-10H2,(H,16,17). The summed E-state index contributed by atoms with van der Waals surface area (Å²) in [7, 11) is 0. The molecule has 2 rings (SSSR count). The lowest BCUT2D eigenvalue weighted by molar-refractivity contribution is 0.334. The van der Waals surface area contributed by atoms with Crippen LogP contribution in [0.1, 0.15) is 24.8 Å². The number of hydrogen-bond acceptors (Lipinski definition) is 3. The van der Waals surface area contributed by atoms with Crippen LogP contribution in [0, 0.1) is 11.5 Å². The number of likely N-dealkylation sites (tertiary alicyclic amines) is 1. The zero-order valence-electron chi connectivity index (χ0n) is 10.3. The van der Waals surface area contributed by atoms with Crippen molar-refractivity contribution in [3.8, 4) is 6.19 Å². The molecule has 0 amide bonds. The maximum atomic E-state index is 8.79. The fourth-order valence-corrected chi connectivity index (χ4v) is 2.03. The Morgan fingerprint density at radius 2 is 2.06 bits per heavy atom. The minimum absolute atomic E-state index is 0.572. The van der Waals surface area contributed by atoms with E-state index in [0.717, 1.165) is 18.7 Å². The lowest BCUT2D eigenvalue weighted by Gasteiger charge is -2.28. The SMILES string of the molecule is N#CNC(=NCc1ccncc1)N1CCCCC1. The fraction of sp³-hybridized carbons (Fsp3) is 0.462. The van der Waals surface area contributed by atoms with Gasteiger partial charge in [-0.1, -0.05) is 0 Å². The summed E-state index contributed by atoms with van der Waals surface area (Å²) in [6.45, 7) is 2.52. The molecule has 1 aromatic heterocycles. The second-order valence-electron chi connectivity index (χ2n) is 4.28. The van der Waals surface area contributed by atoms with Gasteiger partial charge in [-0.25, -0.2) is 4.99 Å². The van der Waals surface area contributed by atoms with Gasteiger partial charge in [0, 0.05) is 25.5 Å². The molecule has 1 aromatic rings. The van der Waals surface area contributed by atoms with E-state index in [9.17, 15) is 0 Å². The number of aromatic nitrogens is 1. The molecule has 0 unspecified atom stereocenters. The molecule has 1 aliphatic rings. The van der Waals surface area contributed by atoms with Crippen molar-refractivity contribution in [2.24, 2.45) is 4.99 Å². The van der Waals surface area contributed by atoms with Crippen molar-refractivity contribution >= 4 is 5.96 Å². The number of rotatable bonds is 2. The number of hydrogen-bond donors (Lipinski definition) is 1. The smallest absolute Gasteiger partial charge is 0.207 e. The lowest BCUT2D eigenvalue weighted by Crippen LogP contribution is -2.42. The summed E-state index contributed by atoms with van der Waals surface area (Å²) in [5.74, 6) is 0.689. The molecule has 1 fully saturated rings. The van der Waals surface area contributed by atoms with Crippen molar-refractivity contribution in [2.75, 3.05) is 13.1 Å². The maximum absolute atomic E-state index is 8.79. The molecule has 1 N–H and O–H groups in total. The van der Waals surface area contributed by atoms with Gasteiger partial charge in [-0.2, -0.15) is 5.26 Å². The van der Waals surface area contributed by atoms with E-state index in [1.165, 1.54) is 19.3 Å². The number of nitrogens with zero attached hydrogens (tertiary/aromatic N) is 4. The molecule has 18 heavy (non-hydrogen) atoms. The van der Waals surface area contributed by atoms with E-state index in [1.807, 2.05) is 18.3 Å². The molecule has 0 atom stereocenters. The molecule has 1 aliphatic heterocycles. The van der Waals surface area contributed by atoms with Crippen LogP contribution in [0.15, 0.2) is 29.5 Å². The normalized spacial score (nSPS) is 16.2. The third kappa shape index (κ3) is 3.45. The van der Waals surface area contributed by atoms with Crippen molar-refractivity contribution in [1.29, 1.82) is 5.26 Å². The maximum Gasteiger partial charge on any atom is 0.207 e. The first-order valence-corrected chi connectivity index (χ1v) is 6.23. The molecule has 94 valence electrons. The first-order chi connectivity index (χ1) is 8.90. The summed E-state index contributed by atoms with van der Waals surface area (Å²) in [6.07, 6.45) is 9.07. The largest absolute Gasteiger partial charge is 0.342 e. The van der Waals surface area contributed by atoms with Crippen molar-refractivity contribution in [2.45, 2.75) is 25.8 Å². The molecular weight excluding hydrogens is 226 g/mol. The Hall–Kier alpha value is -2.09. The zero-order valence-corrected chi connectivity index (χ0v) is 10.3. The van der Waals surface area contributed by atoms with Gasteiger partial charge in [0.1, 0.15) is 0 Å². The highest BCUT2D eigenvalue weighted by molar-refractivity contribution is 5.81. The minimum atomic E-state index is 0.572. The number of nitrogens with one attached hydrogen (secondary N) is 1. The molecule has 1 saturated heterocycles. The second kappa shape index (κ2) is 6.60. The van der Waals surface area contributed by atoms with Crippen molar-refractivity contribution in [3.05, 3.63) is 30.1 Å². The average molecular weight is 243 g/mol. The molecule has 0 aliphatic carbocycles. The number of pyridine rings is 1. The van der Waals surface area contributed by atoms with E-state index < -0.39 is 0 Å². The first kappa shape index (κ1) is 12.4. The summed E-state index contributed by atoms with van der Waals surface area (Å²) >= 11 is 0. The molecule has 0 aromatic carbocycles. The molecule has 0 radical (unpaired) electrons. The van der Waals surface area contributed by atoms with Crippen LogP contribution < -0.4 is 5.32 Å². The van der Waals surface area contributed by atoms with E-state index in [4.69, 9.17) is 5.26 Å². The van der Waals surface area contributed by atoms with E-state index in [1.54, 1.807) is 12.4 Å². The molecule has 5 heteroatoms. The molecule has 0 saturated carbocycles. The van der Waals surface area contributed by atoms with Gasteiger partial charge >= 0.3 is 0 Å².